The lowest BCUT2D eigenvalue weighted by Crippen LogP contribution is -2.33. The van der Waals surface area contributed by atoms with Crippen LogP contribution in [0.2, 0.25) is 5.02 Å². The Bertz CT molecular complexity index is 1030. The summed E-state index contributed by atoms with van der Waals surface area (Å²) < 4.78 is 5.18. The lowest BCUT2D eigenvalue weighted by Gasteiger charge is -2.29. The number of aromatic nitrogens is 4. The number of esters is 1. The number of ether oxygens (including phenoxy) is 1. The van der Waals surface area contributed by atoms with Crippen LogP contribution in [0, 0.1) is 6.92 Å². The zero-order valence-electron chi connectivity index (χ0n) is 15.7. The van der Waals surface area contributed by atoms with Gasteiger partial charge in [-0.15, -0.1) is 0 Å². The summed E-state index contributed by atoms with van der Waals surface area (Å²) in [6, 6.07) is 7.63. The molecule has 2 aromatic heterocycles. The number of nitrogens with one attached hydrogen (secondary N) is 1. The Morgan fingerprint density at radius 1 is 1.39 bits per heavy atom. The molecule has 0 unspecified atom stereocenters. The number of H-pyrrole nitrogens is 1. The van der Waals surface area contributed by atoms with Gasteiger partial charge >= 0.3 is 5.97 Å². The summed E-state index contributed by atoms with van der Waals surface area (Å²) >= 11 is 6.16. The van der Waals surface area contributed by atoms with Gasteiger partial charge in [0.1, 0.15) is 17.2 Å². The number of fused-ring (bicyclic) bond motifs is 1. The molecule has 0 fully saturated rings. The van der Waals surface area contributed by atoms with Crippen LogP contribution in [-0.2, 0) is 17.7 Å². The molecule has 3 heterocycles. The molecule has 28 heavy (non-hydrogen) atoms. The molecule has 0 amide bonds. The molecule has 0 radical (unpaired) electrons. The summed E-state index contributed by atoms with van der Waals surface area (Å²) in [5.41, 5.74) is 4.37. The number of carbonyl (C=O) groups is 1. The van der Waals surface area contributed by atoms with Crippen LogP contribution in [0.4, 0.5) is 5.82 Å². The highest BCUT2D eigenvalue weighted by Crippen LogP contribution is 2.32. The van der Waals surface area contributed by atoms with Crippen LogP contribution in [0.25, 0.3) is 11.3 Å². The van der Waals surface area contributed by atoms with E-state index in [0.717, 1.165) is 28.9 Å². The van der Waals surface area contributed by atoms with Gasteiger partial charge in [-0.2, -0.15) is 5.10 Å². The van der Waals surface area contributed by atoms with E-state index in [-0.39, 0.29) is 0 Å². The van der Waals surface area contributed by atoms with Gasteiger partial charge in [-0.1, -0.05) is 23.7 Å². The molecule has 0 bridgehead atoms. The summed E-state index contributed by atoms with van der Waals surface area (Å²) in [5, 5.41) is 8.31. The number of aryl methyl sites for hydroxylation is 1. The van der Waals surface area contributed by atoms with E-state index in [1.54, 1.807) is 13.1 Å². The van der Waals surface area contributed by atoms with E-state index >= 15 is 0 Å². The Hall–Kier alpha value is -2.93. The normalized spacial score (nSPS) is 13.3. The first-order valence-corrected chi connectivity index (χ1v) is 9.52. The van der Waals surface area contributed by atoms with Crippen molar-refractivity contribution < 1.29 is 9.53 Å². The molecule has 0 spiro atoms. The largest absolute Gasteiger partial charge is 0.462 e. The Balaban J connectivity index is 1.71. The van der Waals surface area contributed by atoms with Crippen molar-refractivity contribution in [3.63, 3.8) is 0 Å². The van der Waals surface area contributed by atoms with Crippen LogP contribution in [0.5, 0.6) is 0 Å². The van der Waals surface area contributed by atoms with Crippen molar-refractivity contribution in [3.8, 4) is 11.3 Å². The molecule has 0 saturated heterocycles. The number of halogens is 1. The van der Waals surface area contributed by atoms with Gasteiger partial charge in [0.15, 0.2) is 0 Å². The van der Waals surface area contributed by atoms with Crippen LogP contribution in [-0.4, -0.2) is 39.3 Å². The third kappa shape index (κ3) is 3.45. The maximum absolute atomic E-state index is 12.4. The Labute approximate surface area is 167 Å². The molecule has 3 aromatic rings. The Kier molecular flexibility index (Phi) is 5.00. The third-order valence-electron chi connectivity index (χ3n) is 4.72. The maximum Gasteiger partial charge on any atom is 0.343 e. The highest BCUT2D eigenvalue weighted by atomic mass is 35.5. The van der Waals surface area contributed by atoms with Crippen molar-refractivity contribution in [3.05, 3.63) is 58.1 Å². The number of benzene rings is 1. The fourth-order valence-electron chi connectivity index (χ4n) is 3.40. The van der Waals surface area contributed by atoms with Gasteiger partial charge in [0, 0.05) is 47.6 Å². The minimum Gasteiger partial charge on any atom is -0.462 e. The minimum absolute atomic E-state index is 0.303. The highest BCUT2D eigenvalue weighted by molar-refractivity contribution is 6.30. The summed E-state index contributed by atoms with van der Waals surface area (Å²) in [6.45, 7) is 5.19. The molecule has 1 aromatic carbocycles. The van der Waals surface area contributed by atoms with E-state index in [9.17, 15) is 4.79 Å². The number of hydrogen-bond donors (Lipinski definition) is 1. The monoisotopic (exact) mass is 397 g/mol. The maximum atomic E-state index is 12.4. The number of carbonyl (C=O) groups excluding carboxylic acids is 1. The van der Waals surface area contributed by atoms with Gasteiger partial charge in [-0.3, -0.25) is 5.10 Å². The third-order valence-corrected chi connectivity index (χ3v) is 4.95. The first-order valence-electron chi connectivity index (χ1n) is 9.14. The van der Waals surface area contributed by atoms with Gasteiger partial charge < -0.3 is 9.64 Å². The van der Waals surface area contributed by atoms with Gasteiger partial charge in [0.05, 0.1) is 12.3 Å². The quantitative estimate of drug-likeness (QED) is 0.677. The second kappa shape index (κ2) is 7.59. The smallest absolute Gasteiger partial charge is 0.343 e. The molecule has 4 rings (SSSR count). The molecule has 0 aliphatic carbocycles. The lowest BCUT2D eigenvalue weighted by molar-refractivity contribution is 0.0526. The fraction of sp³-hybridized carbons (Fsp3) is 0.300. The summed E-state index contributed by atoms with van der Waals surface area (Å²) in [7, 11) is 0. The first kappa shape index (κ1) is 18.4. The van der Waals surface area contributed by atoms with Crippen molar-refractivity contribution in [2.75, 3.05) is 18.1 Å². The molecular formula is C20H20ClN5O2. The molecule has 8 heteroatoms. The van der Waals surface area contributed by atoms with Crippen LogP contribution in [0.3, 0.4) is 0 Å². The van der Waals surface area contributed by atoms with Crippen molar-refractivity contribution in [2.45, 2.75) is 26.8 Å². The number of rotatable bonds is 4. The van der Waals surface area contributed by atoms with Crippen molar-refractivity contribution >= 4 is 23.4 Å². The average molecular weight is 398 g/mol. The van der Waals surface area contributed by atoms with Crippen LogP contribution < -0.4 is 4.90 Å². The van der Waals surface area contributed by atoms with Crippen molar-refractivity contribution in [1.29, 1.82) is 0 Å². The highest BCUT2D eigenvalue weighted by Gasteiger charge is 2.27. The summed E-state index contributed by atoms with van der Waals surface area (Å²) in [4.78, 5) is 23.2. The van der Waals surface area contributed by atoms with E-state index < -0.39 is 5.97 Å². The van der Waals surface area contributed by atoms with Gasteiger partial charge in [0.2, 0.25) is 0 Å². The Morgan fingerprint density at radius 2 is 2.25 bits per heavy atom. The Morgan fingerprint density at radius 3 is 3.04 bits per heavy atom. The number of nitrogens with zero attached hydrogens (tertiary/aromatic N) is 4. The van der Waals surface area contributed by atoms with Crippen molar-refractivity contribution in [1.82, 2.24) is 20.2 Å². The fourth-order valence-corrected chi connectivity index (χ4v) is 3.59. The van der Waals surface area contributed by atoms with Gasteiger partial charge in [-0.25, -0.2) is 14.8 Å². The molecular weight excluding hydrogens is 378 g/mol. The second-order valence-corrected chi connectivity index (χ2v) is 7.02. The molecule has 0 saturated carbocycles. The standard InChI is InChI=1S/C20H20ClN5O2/c1-3-28-20(27)15-10-22-12(2)23-19(15)26-8-7-17-16(11-26)18(25-24-17)13-5-4-6-14(21)9-13/h4-6,9-10H,3,7-8,11H2,1-2H3,(H,24,25). The van der Waals surface area contributed by atoms with Crippen molar-refractivity contribution in [2.24, 2.45) is 0 Å². The molecule has 144 valence electrons. The second-order valence-electron chi connectivity index (χ2n) is 6.59. The predicted molar refractivity (Wildman–Crippen MR) is 107 cm³/mol. The van der Waals surface area contributed by atoms with Crippen LogP contribution >= 0.6 is 11.6 Å². The molecule has 0 atom stereocenters. The van der Waals surface area contributed by atoms with E-state index in [1.165, 1.54) is 0 Å². The number of anilines is 1. The molecule has 1 N–H and O–H groups in total. The van der Waals surface area contributed by atoms with E-state index in [2.05, 4.69) is 25.1 Å². The zero-order chi connectivity index (χ0) is 19.7. The summed E-state index contributed by atoms with van der Waals surface area (Å²) in [6.07, 6.45) is 2.31. The lowest BCUT2D eigenvalue weighted by atomic mass is 10.0. The van der Waals surface area contributed by atoms with E-state index in [4.69, 9.17) is 16.3 Å². The van der Waals surface area contributed by atoms with Gasteiger partial charge in [-0.05, 0) is 26.0 Å². The number of aromatic amines is 1. The van der Waals surface area contributed by atoms with E-state index in [1.807, 2.05) is 31.2 Å². The average Bonchev–Trinajstić information content (AvgIpc) is 3.11. The molecule has 1 aliphatic rings. The van der Waals surface area contributed by atoms with Crippen LogP contribution in [0.1, 0.15) is 34.4 Å². The van der Waals surface area contributed by atoms with Crippen LogP contribution in [0.15, 0.2) is 30.5 Å². The van der Waals surface area contributed by atoms with Gasteiger partial charge in [0.25, 0.3) is 0 Å². The number of hydrogen-bond acceptors (Lipinski definition) is 6. The SMILES string of the molecule is CCOC(=O)c1cnc(C)nc1N1CCc2[nH]nc(-c3cccc(Cl)c3)c2C1. The molecule has 1 aliphatic heterocycles. The predicted octanol–water partition coefficient (Wildman–Crippen LogP) is 3.57. The van der Waals surface area contributed by atoms with E-state index in [0.29, 0.717) is 41.9 Å². The topological polar surface area (TPSA) is 84.0 Å². The minimum atomic E-state index is -0.412. The molecule has 7 nitrogen and oxygen atoms in total. The zero-order valence-corrected chi connectivity index (χ0v) is 16.5. The first-order chi connectivity index (χ1) is 13.6. The summed E-state index contributed by atoms with van der Waals surface area (Å²) in [5.74, 6) is 0.788.